The zero-order valence-corrected chi connectivity index (χ0v) is 11.1. The van der Waals surface area contributed by atoms with E-state index >= 15 is 0 Å². The SMILES string of the molecule is OC1(Cc2cc(Cl)ccc2Cl)CCCOCC1. The van der Waals surface area contributed by atoms with Crippen molar-refractivity contribution in [2.45, 2.75) is 31.3 Å². The van der Waals surface area contributed by atoms with Crippen LogP contribution in [0.5, 0.6) is 0 Å². The number of aliphatic hydroxyl groups is 1. The highest BCUT2D eigenvalue weighted by molar-refractivity contribution is 6.33. The number of halogens is 2. The topological polar surface area (TPSA) is 29.5 Å². The Morgan fingerprint density at radius 3 is 2.88 bits per heavy atom. The van der Waals surface area contributed by atoms with Gasteiger partial charge in [-0.15, -0.1) is 0 Å². The molecule has 0 radical (unpaired) electrons. The highest BCUT2D eigenvalue weighted by Crippen LogP contribution is 2.30. The fourth-order valence-electron chi connectivity index (χ4n) is 2.20. The lowest BCUT2D eigenvalue weighted by atomic mass is 9.88. The molecule has 1 saturated heterocycles. The molecule has 1 fully saturated rings. The van der Waals surface area contributed by atoms with Gasteiger partial charge in [-0.2, -0.15) is 0 Å². The van der Waals surface area contributed by atoms with Gasteiger partial charge in [0.05, 0.1) is 5.60 Å². The fourth-order valence-corrected chi connectivity index (χ4v) is 2.58. The molecule has 4 heteroatoms. The number of rotatable bonds is 2. The van der Waals surface area contributed by atoms with Gasteiger partial charge in [0.15, 0.2) is 0 Å². The Bertz CT molecular complexity index is 385. The summed E-state index contributed by atoms with van der Waals surface area (Å²) in [7, 11) is 0. The molecular weight excluding hydrogens is 259 g/mol. The van der Waals surface area contributed by atoms with Gasteiger partial charge in [-0.05, 0) is 43.0 Å². The molecule has 1 aliphatic rings. The van der Waals surface area contributed by atoms with Crippen molar-refractivity contribution in [3.05, 3.63) is 33.8 Å². The lowest BCUT2D eigenvalue weighted by molar-refractivity contribution is 0.0189. The van der Waals surface area contributed by atoms with Crippen molar-refractivity contribution >= 4 is 23.2 Å². The molecule has 1 heterocycles. The summed E-state index contributed by atoms with van der Waals surface area (Å²) in [6, 6.07) is 5.36. The second-order valence-corrected chi connectivity index (χ2v) is 5.45. The van der Waals surface area contributed by atoms with Crippen LogP contribution in [-0.4, -0.2) is 23.9 Å². The molecule has 0 aliphatic carbocycles. The van der Waals surface area contributed by atoms with Crippen molar-refractivity contribution in [3.8, 4) is 0 Å². The Morgan fingerprint density at radius 2 is 2.06 bits per heavy atom. The van der Waals surface area contributed by atoms with Gasteiger partial charge >= 0.3 is 0 Å². The van der Waals surface area contributed by atoms with Gasteiger partial charge in [0.1, 0.15) is 0 Å². The number of ether oxygens (including phenoxy) is 1. The summed E-state index contributed by atoms with van der Waals surface area (Å²) in [5, 5.41) is 11.8. The summed E-state index contributed by atoms with van der Waals surface area (Å²) in [6.07, 6.45) is 2.82. The van der Waals surface area contributed by atoms with E-state index in [0.29, 0.717) is 29.5 Å². The summed E-state index contributed by atoms with van der Waals surface area (Å²) in [4.78, 5) is 0. The predicted molar refractivity (Wildman–Crippen MR) is 69.8 cm³/mol. The van der Waals surface area contributed by atoms with E-state index < -0.39 is 5.60 Å². The largest absolute Gasteiger partial charge is 0.389 e. The van der Waals surface area contributed by atoms with E-state index in [1.165, 1.54) is 0 Å². The lowest BCUT2D eigenvalue weighted by Crippen LogP contribution is -2.31. The quantitative estimate of drug-likeness (QED) is 0.895. The number of hydrogen-bond acceptors (Lipinski definition) is 2. The average Bonchev–Trinajstić information content (AvgIpc) is 2.49. The van der Waals surface area contributed by atoms with Crippen LogP contribution in [0.2, 0.25) is 10.0 Å². The molecular formula is C13H16Cl2O2. The maximum atomic E-state index is 10.5. The van der Waals surface area contributed by atoms with Crippen molar-refractivity contribution in [1.82, 2.24) is 0 Å². The number of hydrogen-bond donors (Lipinski definition) is 1. The minimum Gasteiger partial charge on any atom is -0.389 e. The molecule has 0 amide bonds. The Balaban J connectivity index is 2.15. The van der Waals surface area contributed by atoms with E-state index in [1.807, 2.05) is 6.07 Å². The lowest BCUT2D eigenvalue weighted by Gasteiger charge is -2.26. The third-order valence-electron chi connectivity index (χ3n) is 3.17. The van der Waals surface area contributed by atoms with Crippen molar-refractivity contribution < 1.29 is 9.84 Å². The molecule has 94 valence electrons. The van der Waals surface area contributed by atoms with Gasteiger partial charge in [-0.3, -0.25) is 0 Å². The van der Waals surface area contributed by atoms with Crippen LogP contribution in [0.4, 0.5) is 0 Å². The highest BCUT2D eigenvalue weighted by Gasteiger charge is 2.29. The monoisotopic (exact) mass is 274 g/mol. The molecule has 1 aromatic rings. The van der Waals surface area contributed by atoms with Gasteiger partial charge in [-0.25, -0.2) is 0 Å². The van der Waals surface area contributed by atoms with E-state index in [9.17, 15) is 5.11 Å². The van der Waals surface area contributed by atoms with Crippen LogP contribution in [0, 0.1) is 0 Å². The summed E-state index contributed by atoms with van der Waals surface area (Å²) >= 11 is 12.1. The third kappa shape index (κ3) is 3.59. The molecule has 1 unspecified atom stereocenters. The molecule has 1 atom stereocenters. The molecule has 1 aliphatic heterocycles. The first-order valence-corrected chi connectivity index (χ1v) is 6.59. The normalized spacial score (nSPS) is 25.6. The minimum absolute atomic E-state index is 0.537. The Labute approximate surface area is 111 Å². The summed E-state index contributed by atoms with van der Waals surface area (Å²) in [6.45, 7) is 1.33. The average molecular weight is 275 g/mol. The van der Waals surface area contributed by atoms with Crippen LogP contribution < -0.4 is 0 Å². The molecule has 0 bridgehead atoms. The Hall–Kier alpha value is -0.280. The third-order valence-corrected chi connectivity index (χ3v) is 3.77. The van der Waals surface area contributed by atoms with E-state index in [1.54, 1.807) is 12.1 Å². The maximum Gasteiger partial charge on any atom is 0.0711 e. The van der Waals surface area contributed by atoms with E-state index in [2.05, 4.69) is 0 Å². The van der Waals surface area contributed by atoms with Gasteiger partial charge in [-0.1, -0.05) is 23.2 Å². The molecule has 17 heavy (non-hydrogen) atoms. The Morgan fingerprint density at radius 1 is 1.24 bits per heavy atom. The molecule has 1 aromatic carbocycles. The Kier molecular flexibility index (Phi) is 4.31. The van der Waals surface area contributed by atoms with E-state index in [4.69, 9.17) is 27.9 Å². The van der Waals surface area contributed by atoms with Crippen molar-refractivity contribution in [2.75, 3.05) is 13.2 Å². The van der Waals surface area contributed by atoms with Crippen LogP contribution in [0.15, 0.2) is 18.2 Å². The standard InChI is InChI=1S/C13H16Cl2O2/c14-11-2-3-12(15)10(8-11)9-13(16)4-1-6-17-7-5-13/h2-3,8,16H,1,4-7,9H2. The van der Waals surface area contributed by atoms with Gasteiger partial charge < -0.3 is 9.84 Å². The maximum absolute atomic E-state index is 10.5. The van der Waals surface area contributed by atoms with Crippen LogP contribution in [-0.2, 0) is 11.2 Å². The van der Waals surface area contributed by atoms with Crippen LogP contribution in [0.25, 0.3) is 0 Å². The fraction of sp³-hybridized carbons (Fsp3) is 0.538. The van der Waals surface area contributed by atoms with Crippen LogP contribution in [0.1, 0.15) is 24.8 Å². The summed E-state index contributed by atoms with van der Waals surface area (Å²) in [5.74, 6) is 0. The highest BCUT2D eigenvalue weighted by atomic mass is 35.5. The molecule has 2 nitrogen and oxygen atoms in total. The predicted octanol–water partition coefficient (Wildman–Crippen LogP) is 3.47. The zero-order valence-electron chi connectivity index (χ0n) is 9.59. The second kappa shape index (κ2) is 5.57. The molecule has 2 rings (SSSR count). The van der Waals surface area contributed by atoms with Crippen molar-refractivity contribution in [2.24, 2.45) is 0 Å². The van der Waals surface area contributed by atoms with Gasteiger partial charge in [0, 0.05) is 29.7 Å². The summed E-state index contributed by atoms with van der Waals surface area (Å²) in [5.41, 5.74) is 0.189. The second-order valence-electron chi connectivity index (χ2n) is 4.60. The van der Waals surface area contributed by atoms with Crippen LogP contribution in [0.3, 0.4) is 0 Å². The van der Waals surface area contributed by atoms with Crippen LogP contribution >= 0.6 is 23.2 Å². The van der Waals surface area contributed by atoms with Gasteiger partial charge in [0.25, 0.3) is 0 Å². The van der Waals surface area contributed by atoms with Gasteiger partial charge in [0.2, 0.25) is 0 Å². The first-order chi connectivity index (χ1) is 8.09. The smallest absolute Gasteiger partial charge is 0.0711 e. The first kappa shape index (κ1) is 13.2. The zero-order chi connectivity index (χ0) is 12.3. The molecule has 0 aromatic heterocycles. The van der Waals surface area contributed by atoms with Crippen molar-refractivity contribution in [1.29, 1.82) is 0 Å². The summed E-state index contributed by atoms with van der Waals surface area (Å²) < 4.78 is 5.36. The molecule has 0 spiro atoms. The first-order valence-electron chi connectivity index (χ1n) is 5.83. The number of benzene rings is 1. The van der Waals surface area contributed by atoms with E-state index in [-0.39, 0.29) is 0 Å². The molecule has 1 N–H and O–H groups in total. The molecule has 0 saturated carbocycles. The minimum atomic E-state index is -0.717. The van der Waals surface area contributed by atoms with Crippen molar-refractivity contribution in [3.63, 3.8) is 0 Å². The van der Waals surface area contributed by atoms with E-state index in [0.717, 1.165) is 25.0 Å².